The number of benzene rings is 1. The van der Waals surface area contributed by atoms with Crippen molar-refractivity contribution in [1.82, 2.24) is 21.3 Å². The number of carbonyl (C=O) groups is 2. The molecule has 4 N–H and O–H groups in total. The Kier molecular flexibility index (Phi) is 7.06. The quantitative estimate of drug-likeness (QED) is 0.635. The summed E-state index contributed by atoms with van der Waals surface area (Å²) >= 11 is 0. The maximum absolute atomic E-state index is 12.5. The highest BCUT2D eigenvalue weighted by Crippen LogP contribution is 2.06. The van der Waals surface area contributed by atoms with E-state index in [2.05, 4.69) is 21.3 Å². The highest BCUT2D eigenvalue weighted by Gasteiger charge is 2.26. The van der Waals surface area contributed by atoms with E-state index in [9.17, 15) is 9.59 Å². The molecule has 1 atom stereocenters. The van der Waals surface area contributed by atoms with Gasteiger partial charge in [0.15, 0.2) is 0 Å². The third-order valence-corrected chi connectivity index (χ3v) is 4.22. The van der Waals surface area contributed by atoms with E-state index in [0.29, 0.717) is 6.54 Å². The van der Waals surface area contributed by atoms with Gasteiger partial charge in [-0.25, -0.2) is 4.79 Å². The standard InChI is InChI=1S/C18H28N4O2/c1-13(2)16(17(23)21-15-8-10-19-11-9-15)22-18(24)20-12-14-6-4-3-5-7-14/h3-7,13,15-16,19H,8-12H2,1-2H3,(H,21,23)(H2,20,22,24). The Bertz CT molecular complexity index is 527. The minimum atomic E-state index is -0.532. The van der Waals surface area contributed by atoms with Crippen molar-refractivity contribution in [1.29, 1.82) is 0 Å². The molecule has 1 aromatic carbocycles. The molecule has 1 aromatic rings. The van der Waals surface area contributed by atoms with Crippen molar-refractivity contribution in [3.63, 3.8) is 0 Å². The van der Waals surface area contributed by atoms with Crippen molar-refractivity contribution in [3.8, 4) is 0 Å². The van der Waals surface area contributed by atoms with Crippen LogP contribution in [0.15, 0.2) is 30.3 Å². The molecule has 6 nitrogen and oxygen atoms in total. The summed E-state index contributed by atoms with van der Waals surface area (Å²) in [6, 6.07) is 9.02. The monoisotopic (exact) mass is 332 g/mol. The lowest BCUT2D eigenvalue weighted by molar-refractivity contribution is -0.124. The summed E-state index contributed by atoms with van der Waals surface area (Å²) in [5.74, 6) is -0.0825. The van der Waals surface area contributed by atoms with Crippen LogP contribution in [0.4, 0.5) is 4.79 Å². The maximum Gasteiger partial charge on any atom is 0.315 e. The molecule has 3 amide bonds. The van der Waals surface area contributed by atoms with Crippen LogP contribution in [-0.2, 0) is 11.3 Å². The first-order valence-corrected chi connectivity index (χ1v) is 8.65. The third kappa shape index (κ3) is 5.85. The number of hydrogen-bond acceptors (Lipinski definition) is 3. The minimum absolute atomic E-state index is 0.0224. The Morgan fingerprint density at radius 1 is 1.17 bits per heavy atom. The lowest BCUT2D eigenvalue weighted by atomic mass is 10.0. The first-order chi connectivity index (χ1) is 11.6. The lowest BCUT2D eigenvalue weighted by Gasteiger charge is -2.28. The van der Waals surface area contributed by atoms with Crippen molar-refractivity contribution in [2.24, 2.45) is 5.92 Å². The summed E-state index contributed by atoms with van der Waals surface area (Å²) < 4.78 is 0. The molecule has 1 fully saturated rings. The predicted molar refractivity (Wildman–Crippen MR) is 94.5 cm³/mol. The summed E-state index contributed by atoms with van der Waals surface area (Å²) in [6.45, 7) is 6.15. The second kappa shape index (κ2) is 9.27. The fraction of sp³-hybridized carbons (Fsp3) is 0.556. The van der Waals surface area contributed by atoms with Crippen LogP contribution >= 0.6 is 0 Å². The largest absolute Gasteiger partial charge is 0.351 e. The Hall–Kier alpha value is -2.08. The van der Waals surface area contributed by atoms with E-state index >= 15 is 0 Å². The summed E-state index contributed by atoms with van der Waals surface area (Å²) in [4.78, 5) is 24.6. The Morgan fingerprint density at radius 2 is 1.83 bits per heavy atom. The zero-order valence-corrected chi connectivity index (χ0v) is 14.5. The highest BCUT2D eigenvalue weighted by atomic mass is 16.2. The highest BCUT2D eigenvalue weighted by molar-refractivity contribution is 5.87. The topological polar surface area (TPSA) is 82.3 Å². The van der Waals surface area contributed by atoms with Gasteiger partial charge in [-0.3, -0.25) is 4.79 Å². The number of hydrogen-bond donors (Lipinski definition) is 4. The van der Waals surface area contributed by atoms with E-state index in [1.165, 1.54) is 0 Å². The molecule has 2 rings (SSSR count). The number of piperidine rings is 1. The van der Waals surface area contributed by atoms with Crippen LogP contribution in [0.2, 0.25) is 0 Å². The van der Waals surface area contributed by atoms with Gasteiger partial charge in [0.1, 0.15) is 6.04 Å². The molecule has 0 aromatic heterocycles. The van der Waals surface area contributed by atoms with E-state index in [-0.39, 0.29) is 23.9 Å². The Balaban J connectivity index is 1.82. The van der Waals surface area contributed by atoms with Gasteiger partial charge in [0.05, 0.1) is 0 Å². The second-order valence-corrected chi connectivity index (χ2v) is 6.57. The molecular formula is C18H28N4O2. The van der Waals surface area contributed by atoms with Crippen molar-refractivity contribution >= 4 is 11.9 Å². The van der Waals surface area contributed by atoms with Crippen LogP contribution in [0.5, 0.6) is 0 Å². The van der Waals surface area contributed by atoms with Crippen molar-refractivity contribution < 1.29 is 9.59 Å². The van der Waals surface area contributed by atoms with Gasteiger partial charge in [0.25, 0.3) is 0 Å². The first-order valence-electron chi connectivity index (χ1n) is 8.65. The molecule has 0 spiro atoms. The van der Waals surface area contributed by atoms with Gasteiger partial charge in [-0.05, 0) is 37.4 Å². The number of amides is 3. The van der Waals surface area contributed by atoms with Crippen molar-refractivity contribution in [3.05, 3.63) is 35.9 Å². The molecule has 24 heavy (non-hydrogen) atoms. The molecule has 0 radical (unpaired) electrons. The first kappa shape index (κ1) is 18.3. The van der Waals surface area contributed by atoms with E-state index in [1.807, 2.05) is 44.2 Å². The van der Waals surface area contributed by atoms with Crippen LogP contribution < -0.4 is 21.3 Å². The number of urea groups is 1. The zero-order chi connectivity index (χ0) is 17.4. The van der Waals surface area contributed by atoms with Crippen LogP contribution in [0.25, 0.3) is 0 Å². The van der Waals surface area contributed by atoms with Gasteiger partial charge in [0, 0.05) is 12.6 Å². The van der Waals surface area contributed by atoms with Crippen molar-refractivity contribution in [2.45, 2.75) is 45.3 Å². The summed E-state index contributed by atoms with van der Waals surface area (Å²) in [6.07, 6.45) is 1.85. The lowest BCUT2D eigenvalue weighted by Crippen LogP contribution is -2.55. The average molecular weight is 332 g/mol. The van der Waals surface area contributed by atoms with Gasteiger partial charge in [-0.1, -0.05) is 44.2 Å². The fourth-order valence-electron chi connectivity index (χ4n) is 2.76. The molecule has 132 valence electrons. The molecule has 1 aliphatic rings. The van der Waals surface area contributed by atoms with E-state index in [0.717, 1.165) is 31.5 Å². The molecule has 6 heteroatoms. The van der Waals surface area contributed by atoms with E-state index < -0.39 is 6.04 Å². The normalized spacial score (nSPS) is 16.5. The smallest absolute Gasteiger partial charge is 0.315 e. The van der Waals surface area contributed by atoms with Gasteiger partial charge in [-0.15, -0.1) is 0 Å². The predicted octanol–water partition coefficient (Wildman–Crippen LogP) is 1.38. The van der Waals surface area contributed by atoms with Crippen LogP contribution in [0.3, 0.4) is 0 Å². The summed E-state index contributed by atoms with van der Waals surface area (Å²) in [7, 11) is 0. The van der Waals surface area contributed by atoms with Gasteiger partial charge in [-0.2, -0.15) is 0 Å². The SMILES string of the molecule is CC(C)C(NC(=O)NCc1ccccc1)C(=O)NC1CCNCC1. The second-order valence-electron chi connectivity index (χ2n) is 6.57. The minimum Gasteiger partial charge on any atom is -0.351 e. The molecule has 0 saturated carbocycles. The van der Waals surface area contributed by atoms with E-state index in [4.69, 9.17) is 0 Å². The molecular weight excluding hydrogens is 304 g/mol. The van der Waals surface area contributed by atoms with Gasteiger partial charge < -0.3 is 21.3 Å². The number of carbonyl (C=O) groups excluding carboxylic acids is 2. The van der Waals surface area contributed by atoms with E-state index in [1.54, 1.807) is 0 Å². The van der Waals surface area contributed by atoms with Crippen LogP contribution in [-0.4, -0.2) is 37.1 Å². The van der Waals surface area contributed by atoms with Crippen molar-refractivity contribution in [2.75, 3.05) is 13.1 Å². The molecule has 1 heterocycles. The average Bonchev–Trinajstić information content (AvgIpc) is 2.59. The fourth-order valence-corrected chi connectivity index (χ4v) is 2.76. The maximum atomic E-state index is 12.5. The molecule has 1 aliphatic heterocycles. The van der Waals surface area contributed by atoms with Gasteiger partial charge >= 0.3 is 6.03 Å². The van der Waals surface area contributed by atoms with Crippen LogP contribution in [0.1, 0.15) is 32.3 Å². The number of nitrogens with one attached hydrogen (secondary N) is 4. The molecule has 1 unspecified atom stereocenters. The summed E-state index contributed by atoms with van der Waals surface area (Å²) in [5, 5.41) is 11.9. The zero-order valence-electron chi connectivity index (χ0n) is 14.5. The van der Waals surface area contributed by atoms with Gasteiger partial charge in [0.2, 0.25) is 5.91 Å². The molecule has 0 aliphatic carbocycles. The summed E-state index contributed by atoms with van der Waals surface area (Å²) in [5.41, 5.74) is 1.02. The third-order valence-electron chi connectivity index (χ3n) is 4.22. The molecule has 0 bridgehead atoms. The Morgan fingerprint density at radius 3 is 2.46 bits per heavy atom. The Labute approximate surface area is 143 Å². The number of rotatable bonds is 6. The molecule has 1 saturated heterocycles. The van der Waals surface area contributed by atoms with Crippen LogP contribution in [0, 0.1) is 5.92 Å².